The van der Waals surface area contributed by atoms with Crippen LogP contribution in [-0.2, 0) is 4.79 Å². The number of amides is 3. The first-order valence-corrected chi connectivity index (χ1v) is 9.24. The van der Waals surface area contributed by atoms with E-state index in [1.165, 1.54) is 9.80 Å². The highest BCUT2D eigenvalue weighted by atomic mass is 16.5. The van der Waals surface area contributed by atoms with Crippen molar-refractivity contribution < 1.29 is 14.3 Å². The van der Waals surface area contributed by atoms with Crippen molar-refractivity contribution in [1.82, 2.24) is 14.7 Å². The number of likely N-dealkylation sites (N-methyl/N-ethyl adjacent to an activating group) is 1. The van der Waals surface area contributed by atoms with Crippen LogP contribution in [0, 0.1) is 0 Å². The van der Waals surface area contributed by atoms with E-state index in [0.29, 0.717) is 12.6 Å². The van der Waals surface area contributed by atoms with Crippen LogP contribution in [0.1, 0.15) is 13.8 Å². The van der Waals surface area contributed by atoms with Crippen molar-refractivity contribution in [2.45, 2.75) is 26.1 Å². The number of carbonyl (C=O) groups is 2. The standard InChI is InChI=1S/C20H23N5O3/c1-5-11-23-18(26)16-17(22(4)20(23)27)21-19-24(16)12-13(3)25(19)14-7-9-15(10-8-14)28-6-2/h5,7-10,12,16-17H,1,6,11H2,2-4H3. The Bertz CT molecular complexity index is 892. The molecule has 1 aromatic carbocycles. The second-order valence-corrected chi connectivity index (χ2v) is 6.86. The maximum Gasteiger partial charge on any atom is 0.328 e. The Balaban J connectivity index is 1.67. The predicted octanol–water partition coefficient (Wildman–Crippen LogP) is 2.21. The molecule has 146 valence electrons. The van der Waals surface area contributed by atoms with Crippen LogP contribution >= 0.6 is 0 Å². The summed E-state index contributed by atoms with van der Waals surface area (Å²) >= 11 is 0. The molecule has 8 nitrogen and oxygen atoms in total. The Hall–Kier alpha value is -3.29. The molecule has 2 atom stereocenters. The average molecular weight is 381 g/mol. The van der Waals surface area contributed by atoms with Gasteiger partial charge in [0.25, 0.3) is 5.91 Å². The molecule has 3 aliphatic heterocycles. The van der Waals surface area contributed by atoms with Crippen LogP contribution in [0.15, 0.2) is 53.8 Å². The molecule has 3 heterocycles. The molecule has 1 saturated heterocycles. The van der Waals surface area contributed by atoms with E-state index >= 15 is 0 Å². The third kappa shape index (κ3) is 2.56. The minimum Gasteiger partial charge on any atom is -0.494 e. The van der Waals surface area contributed by atoms with Gasteiger partial charge >= 0.3 is 6.03 Å². The predicted molar refractivity (Wildman–Crippen MR) is 106 cm³/mol. The normalized spacial score (nSPS) is 23.5. The number of imide groups is 1. The molecular weight excluding hydrogens is 358 g/mol. The molecule has 0 N–H and O–H groups in total. The second-order valence-electron chi connectivity index (χ2n) is 6.86. The molecule has 0 spiro atoms. The summed E-state index contributed by atoms with van der Waals surface area (Å²) in [5, 5.41) is 0. The van der Waals surface area contributed by atoms with Crippen LogP contribution in [-0.4, -0.2) is 65.0 Å². The number of anilines is 1. The summed E-state index contributed by atoms with van der Waals surface area (Å²) in [4.78, 5) is 36.9. The van der Waals surface area contributed by atoms with E-state index in [0.717, 1.165) is 17.1 Å². The number of benzene rings is 1. The van der Waals surface area contributed by atoms with Gasteiger partial charge in [-0.15, -0.1) is 6.58 Å². The number of nitrogens with zero attached hydrogens (tertiary/aromatic N) is 5. The van der Waals surface area contributed by atoms with Crippen molar-refractivity contribution in [3.63, 3.8) is 0 Å². The van der Waals surface area contributed by atoms with E-state index < -0.39 is 12.2 Å². The Morgan fingerprint density at radius 1 is 1.25 bits per heavy atom. The molecule has 3 amide bonds. The molecule has 0 radical (unpaired) electrons. The van der Waals surface area contributed by atoms with Crippen molar-refractivity contribution in [2.75, 3.05) is 25.1 Å². The number of carbonyl (C=O) groups excluding carboxylic acids is 2. The first-order valence-electron chi connectivity index (χ1n) is 9.24. The third-order valence-electron chi connectivity index (χ3n) is 5.11. The summed E-state index contributed by atoms with van der Waals surface area (Å²) in [6.07, 6.45) is 2.91. The van der Waals surface area contributed by atoms with E-state index in [2.05, 4.69) is 6.58 Å². The highest BCUT2D eigenvalue weighted by Crippen LogP contribution is 2.36. The van der Waals surface area contributed by atoms with Crippen LogP contribution < -0.4 is 9.64 Å². The maximum atomic E-state index is 13.0. The van der Waals surface area contributed by atoms with Gasteiger partial charge in [-0.2, -0.15) is 0 Å². The minimum absolute atomic E-state index is 0.180. The highest BCUT2D eigenvalue weighted by molar-refractivity contribution is 6.09. The van der Waals surface area contributed by atoms with Gasteiger partial charge in [0, 0.05) is 31.2 Å². The molecular formula is C20H23N5O3. The van der Waals surface area contributed by atoms with Crippen LogP contribution in [0.3, 0.4) is 0 Å². The van der Waals surface area contributed by atoms with E-state index in [-0.39, 0.29) is 18.5 Å². The summed E-state index contributed by atoms with van der Waals surface area (Å²) in [7, 11) is 1.67. The number of rotatable bonds is 5. The zero-order valence-electron chi connectivity index (χ0n) is 16.2. The number of allylic oxidation sites excluding steroid dienone is 1. The van der Waals surface area contributed by atoms with E-state index in [9.17, 15) is 9.59 Å². The van der Waals surface area contributed by atoms with Crippen LogP contribution in [0.25, 0.3) is 0 Å². The van der Waals surface area contributed by atoms with Gasteiger partial charge in [-0.3, -0.25) is 14.6 Å². The monoisotopic (exact) mass is 381 g/mol. The minimum atomic E-state index is -0.569. The first kappa shape index (κ1) is 18.1. The third-order valence-corrected chi connectivity index (χ3v) is 5.11. The molecule has 8 heteroatoms. The smallest absolute Gasteiger partial charge is 0.328 e. The van der Waals surface area contributed by atoms with Gasteiger partial charge in [-0.25, -0.2) is 9.79 Å². The highest BCUT2D eigenvalue weighted by Gasteiger charge is 2.54. The van der Waals surface area contributed by atoms with Crippen LogP contribution in [0.4, 0.5) is 10.5 Å². The molecule has 4 rings (SSSR count). The molecule has 0 bridgehead atoms. The number of guanidine groups is 1. The Morgan fingerprint density at radius 3 is 2.61 bits per heavy atom. The second kappa shape index (κ2) is 6.70. The molecule has 1 aromatic rings. The number of fused-ring (bicyclic) bond motifs is 3. The molecule has 0 aromatic heterocycles. The van der Waals surface area contributed by atoms with Gasteiger partial charge in [-0.1, -0.05) is 6.08 Å². The lowest BCUT2D eigenvalue weighted by Gasteiger charge is -2.39. The zero-order valence-corrected chi connectivity index (χ0v) is 16.2. The van der Waals surface area contributed by atoms with Crippen LogP contribution in [0.2, 0.25) is 0 Å². The number of urea groups is 1. The number of ether oxygens (including phenoxy) is 1. The molecule has 0 aliphatic carbocycles. The van der Waals surface area contributed by atoms with Gasteiger partial charge in [0.1, 0.15) is 5.75 Å². The van der Waals surface area contributed by atoms with E-state index in [1.54, 1.807) is 13.1 Å². The SMILES string of the molecule is C=CCN1C(=O)C2C(N=C3N(c4ccc(OCC)cc4)C(C)=CN32)N(C)C1=O. The van der Waals surface area contributed by atoms with Crippen molar-refractivity contribution in [3.8, 4) is 5.75 Å². The average Bonchev–Trinajstić information content (AvgIpc) is 3.19. The van der Waals surface area contributed by atoms with Crippen LogP contribution in [0.5, 0.6) is 5.75 Å². The van der Waals surface area contributed by atoms with Gasteiger partial charge in [-0.05, 0) is 38.1 Å². The summed E-state index contributed by atoms with van der Waals surface area (Å²) in [5.74, 6) is 1.18. The van der Waals surface area contributed by atoms with E-state index in [4.69, 9.17) is 9.73 Å². The van der Waals surface area contributed by atoms with Gasteiger partial charge in [0.2, 0.25) is 5.96 Å². The van der Waals surface area contributed by atoms with Crippen molar-refractivity contribution in [1.29, 1.82) is 0 Å². The fourth-order valence-corrected chi connectivity index (χ4v) is 3.83. The van der Waals surface area contributed by atoms with Crippen molar-refractivity contribution in [2.24, 2.45) is 4.99 Å². The maximum absolute atomic E-state index is 13.0. The number of hydrogen-bond donors (Lipinski definition) is 0. The Kier molecular flexibility index (Phi) is 4.33. The number of hydrogen-bond acceptors (Lipinski definition) is 6. The molecule has 2 unspecified atom stereocenters. The lowest BCUT2D eigenvalue weighted by Crippen LogP contribution is -2.64. The zero-order chi connectivity index (χ0) is 20.0. The van der Waals surface area contributed by atoms with Gasteiger partial charge < -0.3 is 14.5 Å². The lowest BCUT2D eigenvalue weighted by molar-refractivity contribution is -0.136. The Morgan fingerprint density at radius 2 is 1.96 bits per heavy atom. The number of aliphatic imine (C=N–C) groups is 1. The fraction of sp³-hybridized carbons (Fsp3) is 0.350. The summed E-state index contributed by atoms with van der Waals surface area (Å²) in [5.41, 5.74) is 1.87. The largest absolute Gasteiger partial charge is 0.494 e. The molecule has 28 heavy (non-hydrogen) atoms. The van der Waals surface area contributed by atoms with Crippen molar-refractivity contribution in [3.05, 3.63) is 48.8 Å². The topological polar surface area (TPSA) is 68.7 Å². The first-order chi connectivity index (χ1) is 13.5. The van der Waals surface area contributed by atoms with Crippen molar-refractivity contribution >= 4 is 23.6 Å². The van der Waals surface area contributed by atoms with E-state index in [1.807, 2.05) is 54.1 Å². The lowest BCUT2D eigenvalue weighted by atomic mass is 10.1. The van der Waals surface area contributed by atoms with Gasteiger partial charge in [0.05, 0.1) is 6.61 Å². The van der Waals surface area contributed by atoms with Gasteiger partial charge in [0.15, 0.2) is 12.2 Å². The molecule has 1 fully saturated rings. The molecule has 0 saturated carbocycles. The fourth-order valence-electron chi connectivity index (χ4n) is 3.83. The quantitative estimate of drug-likeness (QED) is 0.732. The Labute approximate surface area is 164 Å². The summed E-state index contributed by atoms with van der Waals surface area (Å²) < 4.78 is 5.51. The molecule has 3 aliphatic rings. The summed E-state index contributed by atoms with van der Waals surface area (Å²) in [6, 6.07) is 6.80. The summed E-state index contributed by atoms with van der Waals surface area (Å²) in [6.45, 7) is 8.35.